The molecule has 2 N–H and O–H groups in total. The van der Waals surface area contributed by atoms with Crippen molar-refractivity contribution < 1.29 is 14.4 Å². The summed E-state index contributed by atoms with van der Waals surface area (Å²) < 4.78 is 0. The summed E-state index contributed by atoms with van der Waals surface area (Å²) in [4.78, 5) is 44.6. The number of piperazine rings is 1. The van der Waals surface area contributed by atoms with Crippen molar-refractivity contribution in [3.05, 3.63) is 101 Å². The molecule has 274 valence electrons. The zero-order valence-corrected chi connectivity index (χ0v) is 33.2. The Bertz CT molecular complexity index is 1520. The number of nitrogens with zero attached hydrogens (tertiary/aromatic N) is 3. The Morgan fingerprint density at radius 1 is 0.800 bits per heavy atom. The fraction of sp³-hybridized carbons (Fsp3) is 0.429. The van der Waals surface area contributed by atoms with Gasteiger partial charge in [-0.15, -0.1) is 0 Å². The second kappa shape index (κ2) is 23.7. The van der Waals surface area contributed by atoms with Crippen molar-refractivity contribution in [2.75, 3.05) is 44.4 Å². The van der Waals surface area contributed by atoms with Crippen LogP contribution in [-0.4, -0.2) is 67.0 Å². The molecule has 8 heteroatoms. The van der Waals surface area contributed by atoms with Gasteiger partial charge in [-0.05, 0) is 67.8 Å². The number of hydrogen-bond donors (Lipinski definition) is 2. The van der Waals surface area contributed by atoms with E-state index in [1.165, 1.54) is 12.5 Å². The van der Waals surface area contributed by atoms with Crippen LogP contribution in [0.3, 0.4) is 0 Å². The van der Waals surface area contributed by atoms with Crippen LogP contribution in [0.25, 0.3) is 5.70 Å². The Hall–Kier alpha value is -4.56. The summed E-state index contributed by atoms with van der Waals surface area (Å²) in [6.07, 6.45) is 1.86. The summed E-state index contributed by atoms with van der Waals surface area (Å²) in [5, 5.41) is 6.13. The number of benzene rings is 3. The smallest absolute Gasteiger partial charge is 0.255 e. The van der Waals surface area contributed by atoms with E-state index in [0.717, 1.165) is 29.9 Å². The van der Waals surface area contributed by atoms with Crippen molar-refractivity contribution in [2.24, 2.45) is 4.99 Å². The van der Waals surface area contributed by atoms with Crippen LogP contribution in [0.5, 0.6) is 0 Å². The van der Waals surface area contributed by atoms with E-state index in [4.69, 9.17) is 0 Å². The Morgan fingerprint density at radius 2 is 1.38 bits per heavy atom. The molecule has 4 rings (SSSR count). The number of ketones is 1. The molecule has 0 aromatic heterocycles. The average molecular weight is 686 g/mol. The monoisotopic (exact) mass is 685 g/mol. The van der Waals surface area contributed by atoms with Crippen molar-refractivity contribution in [3.63, 3.8) is 0 Å². The highest BCUT2D eigenvalue weighted by atomic mass is 16.2. The van der Waals surface area contributed by atoms with Crippen LogP contribution in [0, 0.1) is 6.92 Å². The number of rotatable bonds is 6. The predicted octanol–water partition coefficient (Wildman–Crippen LogP) is 9.47. The van der Waals surface area contributed by atoms with Crippen molar-refractivity contribution in [3.8, 4) is 0 Å². The molecule has 8 nitrogen and oxygen atoms in total. The molecule has 0 aliphatic carbocycles. The van der Waals surface area contributed by atoms with Gasteiger partial charge in [-0.1, -0.05) is 111 Å². The standard InChI is InChI=1S/C30H33N3O2.C6H12N2O.3C2H6/c1-7-26(32-28(21(3)34)31-24-12-9-8-10-13-24)25-14-11-15-27(20(25)2)33-29(35)22-16-18-23(19-17-22)30(4,5)6;1-7-3-4-8(2)6(9)5-7;3*1-2/h7-19H,1-6H3,(H,31,32)(H,33,35);3-5H2,1-2H3;3*1-2H3/b26-7-;;;;. The van der Waals surface area contributed by atoms with E-state index in [1.807, 2.05) is 153 Å². The molecule has 1 saturated heterocycles. The van der Waals surface area contributed by atoms with Gasteiger partial charge < -0.3 is 15.5 Å². The first-order valence-electron chi connectivity index (χ1n) is 17.8. The van der Waals surface area contributed by atoms with Gasteiger partial charge >= 0.3 is 0 Å². The van der Waals surface area contributed by atoms with Crippen molar-refractivity contribution in [1.82, 2.24) is 9.80 Å². The van der Waals surface area contributed by atoms with Crippen LogP contribution >= 0.6 is 0 Å². The number of allylic oxidation sites excluding steroid dienone is 1. The van der Waals surface area contributed by atoms with Gasteiger partial charge in [0.1, 0.15) is 0 Å². The lowest BCUT2D eigenvalue weighted by atomic mass is 9.86. The van der Waals surface area contributed by atoms with E-state index >= 15 is 0 Å². The maximum Gasteiger partial charge on any atom is 0.255 e. The fourth-order valence-corrected chi connectivity index (χ4v) is 4.49. The molecule has 0 unspecified atom stereocenters. The van der Waals surface area contributed by atoms with E-state index in [0.29, 0.717) is 23.5 Å². The first-order valence-corrected chi connectivity index (χ1v) is 17.8. The molecule has 1 aliphatic heterocycles. The largest absolute Gasteiger partial charge is 0.343 e. The minimum absolute atomic E-state index is 0.0252. The Kier molecular flexibility index (Phi) is 21.6. The van der Waals surface area contributed by atoms with Gasteiger partial charge in [-0.2, -0.15) is 0 Å². The number of likely N-dealkylation sites (N-methyl/N-ethyl adjacent to an activating group) is 2. The topological polar surface area (TPSA) is 94.1 Å². The summed E-state index contributed by atoms with van der Waals surface area (Å²) in [7, 11) is 3.81. The summed E-state index contributed by atoms with van der Waals surface area (Å²) >= 11 is 0. The van der Waals surface area contributed by atoms with Gasteiger partial charge in [0.2, 0.25) is 5.91 Å². The molecule has 0 atom stereocenters. The average Bonchev–Trinajstić information content (AvgIpc) is 3.12. The lowest BCUT2D eigenvalue weighted by molar-refractivity contribution is -0.133. The van der Waals surface area contributed by atoms with Gasteiger partial charge in [0, 0.05) is 49.6 Å². The molecule has 50 heavy (non-hydrogen) atoms. The summed E-state index contributed by atoms with van der Waals surface area (Å²) in [5.41, 5.74) is 5.62. The Morgan fingerprint density at radius 3 is 1.86 bits per heavy atom. The molecule has 1 fully saturated rings. The second-order valence-corrected chi connectivity index (χ2v) is 12.0. The zero-order chi connectivity index (χ0) is 38.4. The number of amidine groups is 1. The third-order valence-electron chi connectivity index (χ3n) is 7.39. The lowest BCUT2D eigenvalue weighted by Gasteiger charge is -2.28. The molecule has 0 radical (unpaired) electrons. The van der Waals surface area contributed by atoms with Gasteiger partial charge in [-0.25, -0.2) is 4.99 Å². The van der Waals surface area contributed by atoms with Gasteiger partial charge in [0.25, 0.3) is 5.91 Å². The number of carbonyl (C=O) groups excluding carboxylic acids is 3. The molecule has 1 aliphatic rings. The van der Waals surface area contributed by atoms with Crippen LogP contribution in [0.2, 0.25) is 0 Å². The third-order valence-corrected chi connectivity index (χ3v) is 7.39. The van der Waals surface area contributed by atoms with Gasteiger partial charge in [0.15, 0.2) is 11.6 Å². The molecular weight excluding hydrogens is 622 g/mol. The minimum atomic E-state index is -0.175. The molecule has 0 saturated carbocycles. The minimum Gasteiger partial charge on any atom is -0.343 e. The quantitative estimate of drug-likeness (QED) is 0.199. The number of para-hydroxylation sites is 1. The van der Waals surface area contributed by atoms with Crippen molar-refractivity contribution >= 4 is 40.5 Å². The summed E-state index contributed by atoms with van der Waals surface area (Å²) in [6, 6.07) is 22.8. The zero-order valence-electron chi connectivity index (χ0n) is 33.2. The van der Waals surface area contributed by atoms with Crippen LogP contribution in [0.1, 0.15) is 103 Å². The molecular formula is C42H63N5O3. The SMILES string of the molecule is C/C=C(\N=C(Nc1ccccc1)C(C)=O)c1cccc(NC(=O)c2ccc(C(C)(C)C)cc2)c1C.CC.CC.CC.CN1CCN(C)C(=O)C1. The van der Waals surface area contributed by atoms with E-state index in [2.05, 4.69) is 36.4 Å². The molecule has 3 aromatic carbocycles. The van der Waals surface area contributed by atoms with E-state index in [-0.39, 0.29) is 28.8 Å². The number of carbonyl (C=O) groups is 3. The fourth-order valence-electron chi connectivity index (χ4n) is 4.49. The number of aliphatic imine (C=N–C) groups is 1. The number of anilines is 2. The van der Waals surface area contributed by atoms with E-state index in [9.17, 15) is 14.4 Å². The molecule has 3 aromatic rings. The highest BCUT2D eigenvalue weighted by Gasteiger charge is 2.18. The number of hydrogen-bond acceptors (Lipinski definition) is 5. The lowest BCUT2D eigenvalue weighted by Crippen LogP contribution is -2.46. The van der Waals surface area contributed by atoms with E-state index in [1.54, 1.807) is 4.90 Å². The summed E-state index contributed by atoms with van der Waals surface area (Å²) in [5.74, 6) is 0.126. The van der Waals surface area contributed by atoms with Crippen LogP contribution in [-0.2, 0) is 15.0 Å². The molecule has 0 bridgehead atoms. The maximum absolute atomic E-state index is 12.9. The predicted molar refractivity (Wildman–Crippen MR) is 215 cm³/mol. The van der Waals surface area contributed by atoms with Crippen molar-refractivity contribution in [2.45, 2.75) is 88.5 Å². The van der Waals surface area contributed by atoms with E-state index < -0.39 is 0 Å². The first-order chi connectivity index (χ1) is 23.8. The molecule has 2 amide bonds. The highest BCUT2D eigenvalue weighted by Crippen LogP contribution is 2.28. The maximum atomic E-state index is 12.9. The number of nitrogens with one attached hydrogen (secondary N) is 2. The normalized spacial score (nSPS) is 13.1. The molecule has 0 spiro atoms. The second-order valence-electron chi connectivity index (χ2n) is 12.0. The third kappa shape index (κ3) is 14.9. The van der Waals surface area contributed by atoms with Crippen LogP contribution in [0.15, 0.2) is 83.9 Å². The van der Waals surface area contributed by atoms with Gasteiger partial charge in [-0.3, -0.25) is 19.3 Å². The Balaban J connectivity index is 0.00000135. The van der Waals surface area contributed by atoms with Crippen LogP contribution in [0.4, 0.5) is 11.4 Å². The number of Topliss-reactive ketones (excluding diaryl/α,β-unsaturated/α-hetero) is 1. The Labute approximate surface area is 303 Å². The first kappa shape index (κ1) is 45.4. The number of amides is 2. The summed E-state index contributed by atoms with van der Waals surface area (Å²) in [6.45, 7) is 26.2. The van der Waals surface area contributed by atoms with Crippen molar-refractivity contribution in [1.29, 1.82) is 0 Å². The highest BCUT2D eigenvalue weighted by molar-refractivity contribution is 6.43. The van der Waals surface area contributed by atoms with Crippen LogP contribution < -0.4 is 10.6 Å². The molecule has 1 heterocycles. The van der Waals surface area contributed by atoms with Gasteiger partial charge in [0.05, 0.1) is 12.2 Å².